The van der Waals surface area contributed by atoms with Crippen molar-refractivity contribution in [3.05, 3.63) is 29.8 Å². The van der Waals surface area contributed by atoms with Gasteiger partial charge in [0.05, 0.1) is 5.56 Å². The summed E-state index contributed by atoms with van der Waals surface area (Å²) < 4.78 is 5.89. The number of ether oxygens (including phenoxy) is 1. The molecule has 2 heterocycles. The minimum Gasteiger partial charge on any atom is -0.487 e. The first-order chi connectivity index (χ1) is 9.94. The van der Waals surface area contributed by atoms with E-state index >= 15 is 0 Å². The van der Waals surface area contributed by atoms with Crippen LogP contribution < -0.4 is 4.74 Å². The fraction of sp³-hybridized carbons (Fsp3) is 0.286. The van der Waals surface area contributed by atoms with Crippen molar-refractivity contribution in [3.63, 3.8) is 0 Å². The van der Waals surface area contributed by atoms with Gasteiger partial charge in [-0.1, -0.05) is 12.1 Å². The molecule has 1 aromatic carbocycles. The first-order valence-electron chi connectivity index (χ1n) is 6.43. The molecule has 0 aliphatic carbocycles. The minimum atomic E-state index is -0.495. The van der Waals surface area contributed by atoms with Gasteiger partial charge in [0, 0.05) is 0 Å². The van der Waals surface area contributed by atoms with Crippen molar-refractivity contribution >= 4 is 23.3 Å². The van der Waals surface area contributed by atoms with E-state index in [2.05, 4.69) is 25.4 Å². The minimum absolute atomic E-state index is 0.0768. The molecule has 106 valence electrons. The fourth-order valence-electron chi connectivity index (χ4n) is 1.88. The third-order valence-corrected chi connectivity index (χ3v) is 2.66. The topological polar surface area (TPSA) is 88.1 Å². The number of nitrogens with zero attached hydrogens (tertiary/aromatic N) is 5. The van der Waals surface area contributed by atoms with Gasteiger partial charge in [-0.15, -0.1) is 10.2 Å². The number of hydrogen-bond donors (Lipinski definition) is 0. The molecule has 0 fully saturated rings. The molecule has 0 unspecified atom stereocenters. The third kappa shape index (κ3) is 2.62. The second-order valence-corrected chi connectivity index (χ2v) is 5.52. The van der Waals surface area contributed by atoms with Crippen LogP contribution in [-0.2, 0) is 4.79 Å². The number of para-hydroxylation sites is 1. The Labute approximate surface area is 121 Å². The summed E-state index contributed by atoms with van der Waals surface area (Å²) in [6.07, 6.45) is 0. The van der Waals surface area contributed by atoms with Crippen LogP contribution in [-0.4, -0.2) is 28.9 Å². The first-order valence-corrected chi connectivity index (χ1v) is 6.43. The Hall–Kier alpha value is -2.70. The lowest BCUT2D eigenvalue weighted by Gasteiger charge is -2.23. The number of amidine groups is 2. The quantitative estimate of drug-likeness (QED) is 0.834. The lowest BCUT2D eigenvalue weighted by molar-refractivity contribution is -0.111. The summed E-state index contributed by atoms with van der Waals surface area (Å²) in [7, 11) is 0. The van der Waals surface area contributed by atoms with Crippen LogP contribution in [0.4, 0.5) is 0 Å². The Balaban J connectivity index is 2.04. The summed E-state index contributed by atoms with van der Waals surface area (Å²) in [4.78, 5) is 20.1. The standard InChI is InChI=1S/C14H13N5O2/c1-14(2,3)21-9-7-5-4-6-8(9)11-15-12-10(13(20)16-11)17-19-18-12/h4-7H,1-3H3. The van der Waals surface area contributed by atoms with E-state index in [0.717, 1.165) is 0 Å². The summed E-state index contributed by atoms with van der Waals surface area (Å²) in [6.45, 7) is 5.83. The van der Waals surface area contributed by atoms with Crippen molar-refractivity contribution in [3.8, 4) is 5.75 Å². The molecule has 2 aliphatic heterocycles. The lowest BCUT2D eigenvalue weighted by atomic mass is 10.1. The molecule has 2 aliphatic rings. The predicted molar refractivity (Wildman–Crippen MR) is 78.1 cm³/mol. The maximum Gasteiger partial charge on any atom is 0.303 e. The fourth-order valence-corrected chi connectivity index (χ4v) is 1.88. The molecule has 1 aromatic rings. The summed E-state index contributed by atoms with van der Waals surface area (Å²) in [5, 5.41) is 10.8. The van der Waals surface area contributed by atoms with Crippen LogP contribution in [0.1, 0.15) is 26.3 Å². The highest BCUT2D eigenvalue weighted by Crippen LogP contribution is 2.25. The Bertz CT molecular complexity index is 738. The molecular weight excluding hydrogens is 270 g/mol. The Morgan fingerprint density at radius 2 is 1.81 bits per heavy atom. The van der Waals surface area contributed by atoms with Crippen LogP contribution in [0.2, 0.25) is 0 Å². The average Bonchev–Trinajstić information content (AvgIpc) is 2.86. The summed E-state index contributed by atoms with van der Waals surface area (Å²) in [5.74, 6) is 0.562. The van der Waals surface area contributed by atoms with E-state index in [9.17, 15) is 4.79 Å². The number of aliphatic imine (C=N–C) groups is 2. The largest absolute Gasteiger partial charge is 0.487 e. The zero-order valence-electron chi connectivity index (χ0n) is 11.9. The van der Waals surface area contributed by atoms with Crippen LogP contribution >= 0.6 is 0 Å². The summed E-state index contributed by atoms with van der Waals surface area (Å²) in [6, 6.07) is 7.29. The Morgan fingerprint density at radius 1 is 1.05 bits per heavy atom. The number of hydrogen-bond acceptors (Lipinski definition) is 6. The van der Waals surface area contributed by atoms with Crippen molar-refractivity contribution in [1.29, 1.82) is 0 Å². The number of rotatable bonds is 2. The number of benzene rings is 1. The normalized spacial score (nSPS) is 17.1. The number of amides is 1. The average molecular weight is 283 g/mol. The number of fused-ring (bicyclic) bond motifs is 1. The third-order valence-electron chi connectivity index (χ3n) is 2.66. The second kappa shape index (κ2) is 4.69. The van der Waals surface area contributed by atoms with Crippen LogP contribution in [0.5, 0.6) is 5.75 Å². The number of carbonyl (C=O) groups is 1. The molecule has 1 amide bonds. The highest BCUT2D eigenvalue weighted by molar-refractivity contribution is 6.69. The molecule has 7 nitrogen and oxygen atoms in total. The number of carbonyl (C=O) groups excluding carboxylic acids is 1. The van der Waals surface area contributed by atoms with E-state index < -0.39 is 5.91 Å². The molecule has 0 bridgehead atoms. The molecule has 7 heteroatoms. The molecule has 21 heavy (non-hydrogen) atoms. The smallest absolute Gasteiger partial charge is 0.303 e. The predicted octanol–water partition coefficient (Wildman–Crippen LogP) is 2.37. The van der Waals surface area contributed by atoms with Gasteiger partial charge in [-0.25, -0.2) is 4.99 Å². The van der Waals surface area contributed by atoms with E-state index in [0.29, 0.717) is 11.3 Å². The monoisotopic (exact) mass is 283 g/mol. The molecule has 0 spiro atoms. The highest BCUT2D eigenvalue weighted by Gasteiger charge is 2.29. The molecule has 3 rings (SSSR count). The molecule has 0 atom stereocenters. The molecule has 0 radical (unpaired) electrons. The molecule has 0 N–H and O–H groups in total. The maximum absolute atomic E-state index is 11.9. The van der Waals surface area contributed by atoms with Gasteiger partial charge in [-0.05, 0) is 38.1 Å². The van der Waals surface area contributed by atoms with Crippen LogP contribution in [0.25, 0.3) is 0 Å². The van der Waals surface area contributed by atoms with E-state index in [1.54, 1.807) is 6.07 Å². The van der Waals surface area contributed by atoms with Crippen molar-refractivity contribution < 1.29 is 9.53 Å². The van der Waals surface area contributed by atoms with Crippen molar-refractivity contribution in [2.75, 3.05) is 0 Å². The van der Waals surface area contributed by atoms with Crippen molar-refractivity contribution in [1.82, 2.24) is 0 Å². The van der Waals surface area contributed by atoms with Crippen molar-refractivity contribution in [2.24, 2.45) is 25.4 Å². The molecule has 0 saturated carbocycles. The van der Waals surface area contributed by atoms with E-state index in [4.69, 9.17) is 4.74 Å². The summed E-state index contributed by atoms with van der Waals surface area (Å²) >= 11 is 0. The van der Waals surface area contributed by atoms with Crippen LogP contribution in [0, 0.1) is 0 Å². The van der Waals surface area contributed by atoms with Gasteiger partial charge in [-0.3, -0.25) is 4.79 Å². The van der Waals surface area contributed by atoms with E-state index in [1.165, 1.54) is 0 Å². The van der Waals surface area contributed by atoms with Gasteiger partial charge in [0.2, 0.25) is 11.5 Å². The van der Waals surface area contributed by atoms with E-state index in [-0.39, 0.29) is 23.0 Å². The van der Waals surface area contributed by atoms with Crippen LogP contribution in [0.3, 0.4) is 0 Å². The van der Waals surface area contributed by atoms with Gasteiger partial charge in [-0.2, -0.15) is 4.99 Å². The van der Waals surface area contributed by atoms with Gasteiger partial charge < -0.3 is 4.74 Å². The highest BCUT2D eigenvalue weighted by atomic mass is 16.5. The lowest BCUT2D eigenvalue weighted by Crippen LogP contribution is -2.27. The van der Waals surface area contributed by atoms with Gasteiger partial charge >= 0.3 is 5.91 Å². The van der Waals surface area contributed by atoms with Gasteiger partial charge in [0.1, 0.15) is 11.4 Å². The van der Waals surface area contributed by atoms with Crippen LogP contribution in [0.15, 0.2) is 49.7 Å². The molecular formula is C14H13N5O2. The Morgan fingerprint density at radius 3 is 2.57 bits per heavy atom. The zero-order valence-corrected chi connectivity index (χ0v) is 11.9. The zero-order chi connectivity index (χ0) is 15.0. The maximum atomic E-state index is 11.9. The van der Waals surface area contributed by atoms with Crippen molar-refractivity contribution in [2.45, 2.75) is 26.4 Å². The Kier molecular flexibility index (Phi) is 2.97. The summed E-state index contributed by atoms with van der Waals surface area (Å²) in [5.41, 5.74) is 0.338. The van der Waals surface area contributed by atoms with Gasteiger partial charge in [0.15, 0.2) is 5.84 Å². The molecule has 0 aromatic heterocycles. The van der Waals surface area contributed by atoms with Gasteiger partial charge in [0.25, 0.3) is 0 Å². The second-order valence-electron chi connectivity index (χ2n) is 5.52. The van der Waals surface area contributed by atoms with E-state index in [1.807, 2.05) is 39.0 Å². The SMILES string of the molecule is CC(C)(C)Oc1ccccc1C1=NC(=O)C2=NN=NC2=N1. The molecule has 0 saturated heterocycles. The first kappa shape index (κ1) is 13.3.